The van der Waals surface area contributed by atoms with E-state index in [4.69, 9.17) is 5.11 Å². The molecule has 2 rings (SSSR count). The molecule has 0 bridgehead atoms. The summed E-state index contributed by atoms with van der Waals surface area (Å²) in [6, 6.07) is 3.69. The topological polar surface area (TPSA) is 112 Å². The molecular weight excluding hydrogens is 344 g/mol. The molecule has 1 aromatic rings. The second kappa shape index (κ2) is 6.19. The van der Waals surface area contributed by atoms with Crippen molar-refractivity contribution >= 4 is 26.0 Å². The molecule has 0 amide bonds. The fourth-order valence-electron chi connectivity index (χ4n) is 2.40. The van der Waals surface area contributed by atoms with Crippen LogP contribution in [-0.2, 0) is 24.8 Å². The van der Waals surface area contributed by atoms with Gasteiger partial charge in [0.2, 0.25) is 20.0 Å². The summed E-state index contributed by atoms with van der Waals surface area (Å²) < 4.78 is 51.0. The van der Waals surface area contributed by atoms with Crippen molar-refractivity contribution in [3.63, 3.8) is 0 Å². The minimum Gasteiger partial charge on any atom is -0.480 e. The number of aliphatic carboxylic acids is 1. The highest BCUT2D eigenvalue weighted by Crippen LogP contribution is 2.27. The summed E-state index contributed by atoms with van der Waals surface area (Å²) >= 11 is 0. The third-order valence-electron chi connectivity index (χ3n) is 3.70. The number of hydrogen-bond donors (Lipinski definition) is 1. The van der Waals surface area contributed by atoms with Crippen molar-refractivity contribution in [2.24, 2.45) is 0 Å². The van der Waals surface area contributed by atoms with E-state index >= 15 is 0 Å². The summed E-state index contributed by atoms with van der Waals surface area (Å²) in [5.74, 6) is -1.18. The van der Waals surface area contributed by atoms with Crippen LogP contribution >= 0.6 is 0 Å². The first-order valence-electron chi connectivity index (χ1n) is 6.85. The summed E-state index contributed by atoms with van der Waals surface area (Å²) in [4.78, 5) is 11.0. The first kappa shape index (κ1) is 17.9. The molecule has 128 valence electrons. The molecule has 1 aromatic carbocycles. The minimum absolute atomic E-state index is 0.0299. The van der Waals surface area contributed by atoms with Gasteiger partial charge in [-0.25, -0.2) is 21.1 Å². The highest BCUT2D eigenvalue weighted by molar-refractivity contribution is 7.89. The van der Waals surface area contributed by atoms with Crippen molar-refractivity contribution in [2.45, 2.75) is 28.7 Å². The lowest BCUT2D eigenvalue weighted by atomic mass is 10.2. The predicted octanol–water partition coefficient (Wildman–Crippen LogP) is 0.175. The highest BCUT2D eigenvalue weighted by atomic mass is 32.2. The van der Waals surface area contributed by atoms with Gasteiger partial charge in [0, 0.05) is 20.6 Å². The van der Waals surface area contributed by atoms with Gasteiger partial charge in [-0.3, -0.25) is 4.79 Å². The van der Waals surface area contributed by atoms with Gasteiger partial charge in [-0.05, 0) is 37.1 Å². The fraction of sp³-hybridized carbons (Fsp3) is 0.462. The smallest absolute Gasteiger partial charge is 0.322 e. The van der Waals surface area contributed by atoms with Crippen molar-refractivity contribution < 1.29 is 26.7 Å². The third-order valence-corrected chi connectivity index (χ3v) is 7.45. The fourth-order valence-corrected chi connectivity index (χ4v) is 4.96. The average Bonchev–Trinajstić information content (AvgIpc) is 2.97. The number of benzene rings is 1. The maximum Gasteiger partial charge on any atom is 0.322 e. The lowest BCUT2D eigenvalue weighted by molar-refractivity contribution is -0.140. The van der Waals surface area contributed by atoms with E-state index in [1.54, 1.807) is 0 Å². The van der Waals surface area contributed by atoms with Crippen LogP contribution in [0.15, 0.2) is 34.1 Å². The van der Waals surface area contributed by atoms with Crippen LogP contribution in [0.3, 0.4) is 0 Å². The third kappa shape index (κ3) is 3.25. The molecule has 1 fully saturated rings. The Hall–Kier alpha value is -1.49. The Bertz CT molecular complexity index is 799. The van der Waals surface area contributed by atoms with Crippen LogP contribution in [0.5, 0.6) is 0 Å². The zero-order chi connectivity index (χ0) is 17.4. The minimum atomic E-state index is -3.97. The summed E-state index contributed by atoms with van der Waals surface area (Å²) in [6.45, 7) is 0.136. The number of nitrogens with zero attached hydrogens (tertiary/aromatic N) is 2. The van der Waals surface area contributed by atoms with Gasteiger partial charge in [-0.1, -0.05) is 0 Å². The Morgan fingerprint density at radius 3 is 2.13 bits per heavy atom. The van der Waals surface area contributed by atoms with Crippen LogP contribution in [0.25, 0.3) is 0 Å². The summed E-state index contributed by atoms with van der Waals surface area (Å²) in [6.07, 6.45) is 0.741. The quantitative estimate of drug-likeness (QED) is 0.799. The molecule has 1 aliphatic heterocycles. The number of carboxylic acid groups (broad SMARTS) is 1. The van der Waals surface area contributed by atoms with Crippen LogP contribution in [0.1, 0.15) is 12.8 Å². The Morgan fingerprint density at radius 1 is 1.13 bits per heavy atom. The van der Waals surface area contributed by atoms with Gasteiger partial charge in [-0.15, -0.1) is 0 Å². The largest absolute Gasteiger partial charge is 0.480 e. The Balaban J connectivity index is 2.37. The van der Waals surface area contributed by atoms with Crippen molar-refractivity contribution in [1.29, 1.82) is 0 Å². The van der Waals surface area contributed by atoms with Gasteiger partial charge in [0.1, 0.15) is 6.04 Å². The first-order valence-corrected chi connectivity index (χ1v) is 9.74. The average molecular weight is 362 g/mol. The second-order valence-corrected chi connectivity index (χ2v) is 9.41. The second-order valence-electron chi connectivity index (χ2n) is 5.37. The number of hydrogen-bond acceptors (Lipinski definition) is 5. The normalized spacial score (nSPS) is 20.0. The molecule has 1 heterocycles. The van der Waals surface area contributed by atoms with Crippen molar-refractivity contribution in [1.82, 2.24) is 8.61 Å². The molecule has 0 aliphatic carbocycles. The molecule has 0 radical (unpaired) electrons. The lowest BCUT2D eigenvalue weighted by Crippen LogP contribution is -2.40. The molecule has 1 aliphatic rings. The Labute approximate surface area is 135 Å². The molecule has 10 heteroatoms. The summed E-state index contributed by atoms with van der Waals surface area (Å²) in [5, 5.41) is 9.11. The van der Waals surface area contributed by atoms with E-state index < -0.39 is 32.1 Å². The SMILES string of the molecule is CN(C)S(=O)(=O)c1ccc(S(=O)(=O)N2CCC[C@H]2C(=O)O)cc1. The predicted molar refractivity (Wildman–Crippen MR) is 81.9 cm³/mol. The van der Waals surface area contributed by atoms with Crippen LogP contribution in [-0.4, -0.2) is 63.2 Å². The zero-order valence-electron chi connectivity index (χ0n) is 12.7. The molecule has 23 heavy (non-hydrogen) atoms. The van der Waals surface area contributed by atoms with Gasteiger partial charge in [0.25, 0.3) is 0 Å². The van der Waals surface area contributed by atoms with E-state index in [0.29, 0.717) is 6.42 Å². The van der Waals surface area contributed by atoms with E-state index in [0.717, 1.165) is 8.61 Å². The van der Waals surface area contributed by atoms with Gasteiger partial charge in [0.05, 0.1) is 9.79 Å². The van der Waals surface area contributed by atoms with E-state index in [2.05, 4.69) is 0 Å². The van der Waals surface area contributed by atoms with Crippen molar-refractivity contribution in [3.05, 3.63) is 24.3 Å². The summed E-state index contributed by atoms with van der Waals surface area (Å²) in [5.41, 5.74) is 0. The van der Waals surface area contributed by atoms with Gasteiger partial charge >= 0.3 is 5.97 Å². The number of carbonyl (C=O) groups is 1. The van der Waals surface area contributed by atoms with E-state index in [1.165, 1.54) is 38.4 Å². The molecule has 0 unspecified atom stereocenters. The van der Waals surface area contributed by atoms with E-state index in [9.17, 15) is 21.6 Å². The number of rotatable bonds is 5. The standard InChI is InChI=1S/C13H18N2O6S2/c1-14(2)22(18,19)10-5-7-11(8-6-10)23(20,21)15-9-3-4-12(15)13(16)17/h5-8,12H,3-4,9H2,1-2H3,(H,16,17)/t12-/m0/s1. The molecule has 1 saturated heterocycles. The molecule has 1 atom stereocenters. The summed E-state index contributed by atoms with van der Waals surface area (Å²) in [7, 11) is -4.87. The maximum atomic E-state index is 12.5. The molecule has 0 spiro atoms. The van der Waals surface area contributed by atoms with Crippen molar-refractivity contribution in [2.75, 3.05) is 20.6 Å². The number of carboxylic acids is 1. The molecule has 8 nitrogen and oxygen atoms in total. The Kier molecular flexibility index (Phi) is 4.81. The molecule has 0 aromatic heterocycles. The lowest BCUT2D eigenvalue weighted by Gasteiger charge is -2.21. The molecule has 1 N–H and O–H groups in total. The van der Waals surface area contributed by atoms with Gasteiger partial charge < -0.3 is 5.11 Å². The van der Waals surface area contributed by atoms with Crippen molar-refractivity contribution in [3.8, 4) is 0 Å². The van der Waals surface area contributed by atoms with Gasteiger partial charge in [0.15, 0.2) is 0 Å². The molecule has 0 saturated carbocycles. The van der Waals surface area contributed by atoms with E-state index in [-0.39, 0.29) is 22.8 Å². The number of sulfonamides is 2. The van der Waals surface area contributed by atoms with Crippen LogP contribution in [0.4, 0.5) is 0 Å². The Morgan fingerprint density at radius 2 is 1.65 bits per heavy atom. The first-order chi connectivity index (χ1) is 10.6. The van der Waals surface area contributed by atoms with Gasteiger partial charge in [-0.2, -0.15) is 4.31 Å². The zero-order valence-corrected chi connectivity index (χ0v) is 14.3. The molecular formula is C13H18N2O6S2. The monoisotopic (exact) mass is 362 g/mol. The maximum absolute atomic E-state index is 12.5. The highest BCUT2D eigenvalue weighted by Gasteiger charge is 2.39. The van der Waals surface area contributed by atoms with Crippen LogP contribution in [0, 0.1) is 0 Å². The van der Waals surface area contributed by atoms with E-state index in [1.807, 2.05) is 0 Å². The van der Waals surface area contributed by atoms with Crippen LogP contribution < -0.4 is 0 Å². The van der Waals surface area contributed by atoms with Crippen LogP contribution in [0.2, 0.25) is 0 Å².